The molecule has 1 heterocycles. The van der Waals surface area contributed by atoms with Gasteiger partial charge in [-0.3, -0.25) is 9.59 Å². The first-order valence-electron chi connectivity index (χ1n) is 10.7. The van der Waals surface area contributed by atoms with Gasteiger partial charge in [0.05, 0.1) is 38.6 Å². The number of carbonyl (C=O) groups is 2. The normalized spacial score (nSPS) is 18.1. The molecule has 0 saturated carbocycles. The minimum Gasteiger partial charge on any atom is -0.394 e. The van der Waals surface area contributed by atoms with Crippen molar-refractivity contribution in [2.45, 2.75) is 51.2 Å². The van der Waals surface area contributed by atoms with E-state index in [2.05, 4.69) is 5.32 Å². The molecule has 0 aliphatic carbocycles. The number of nitrogens with one attached hydrogen (secondary N) is 1. The van der Waals surface area contributed by atoms with E-state index in [4.69, 9.17) is 14.2 Å². The number of amides is 2. The second-order valence-electron chi connectivity index (χ2n) is 6.99. The Kier molecular flexibility index (Phi) is 21.5. The molecule has 0 aromatic carbocycles. The van der Waals surface area contributed by atoms with Crippen LogP contribution in [0, 0.1) is 0 Å². The monoisotopic (exact) mass is 555 g/mol. The van der Waals surface area contributed by atoms with Crippen LogP contribution in [-0.4, -0.2) is 98.7 Å². The van der Waals surface area contributed by atoms with E-state index in [9.17, 15) is 14.7 Å². The molecule has 1 saturated heterocycles. The van der Waals surface area contributed by atoms with Crippen LogP contribution in [0.15, 0.2) is 0 Å². The van der Waals surface area contributed by atoms with Crippen LogP contribution in [0.1, 0.15) is 39.0 Å². The van der Waals surface area contributed by atoms with Gasteiger partial charge in [-0.25, -0.2) is 0 Å². The number of rotatable bonds is 18. The Morgan fingerprint density at radius 3 is 2.55 bits per heavy atom. The van der Waals surface area contributed by atoms with Crippen LogP contribution < -0.4 is 5.32 Å². The third-order valence-electron chi connectivity index (χ3n) is 4.73. The van der Waals surface area contributed by atoms with Crippen LogP contribution in [0.3, 0.4) is 0 Å². The first-order chi connectivity index (χ1) is 14.6. The molecule has 31 heavy (non-hydrogen) atoms. The van der Waals surface area contributed by atoms with Gasteiger partial charge in [-0.15, -0.1) is 0 Å². The van der Waals surface area contributed by atoms with E-state index in [1.165, 1.54) is 0 Å². The van der Waals surface area contributed by atoms with Gasteiger partial charge >= 0.3 is 0 Å². The van der Waals surface area contributed by atoms with E-state index in [0.717, 1.165) is 24.5 Å². The molecule has 0 spiro atoms. The third kappa shape index (κ3) is 15.2. The summed E-state index contributed by atoms with van der Waals surface area (Å²) in [5.41, 5.74) is 0. The van der Waals surface area contributed by atoms with Crippen molar-refractivity contribution in [2.24, 2.45) is 0 Å². The van der Waals surface area contributed by atoms with Crippen LogP contribution in [0.5, 0.6) is 0 Å². The second kappa shape index (κ2) is 21.1. The van der Waals surface area contributed by atoms with E-state index >= 15 is 0 Å². The van der Waals surface area contributed by atoms with E-state index < -0.39 is 0 Å². The number of methoxy groups -OCH3 is 1. The maximum atomic E-state index is 12.3. The van der Waals surface area contributed by atoms with Crippen LogP contribution >= 0.6 is 21.6 Å². The van der Waals surface area contributed by atoms with Crippen LogP contribution in [-0.2, 0) is 56.5 Å². The zero-order valence-electron chi connectivity index (χ0n) is 18.9. The maximum Gasteiger partial charge on any atom is 0.223 e. The van der Waals surface area contributed by atoms with Crippen molar-refractivity contribution in [3.8, 4) is 0 Å². The fourth-order valence-electron chi connectivity index (χ4n) is 3.09. The molecule has 1 fully saturated rings. The molecule has 1 aliphatic heterocycles. The zero-order chi connectivity index (χ0) is 22.0. The van der Waals surface area contributed by atoms with Gasteiger partial charge < -0.3 is 29.5 Å². The van der Waals surface area contributed by atoms with E-state index in [1.54, 1.807) is 33.6 Å². The topological polar surface area (TPSA) is 97.3 Å². The quantitative estimate of drug-likeness (QED) is 0.195. The first kappa shape index (κ1) is 31.6. The number of ether oxygens (including phenoxy) is 3. The SMILES string of the molecule is CCOCCOCCSSCCCC(=O)NCCCC(=O)N1C[C@@H](OC)C[C@@H]1CO.[Y]. The van der Waals surface area contributed by atoms with Gasteiger partial charge in [0, 0.05) is 83.9 Å². The van der Waals surface area contributed by atoms with Gasteiger partial charge in [-0.2, -0.15) is 0 Å². The fraction of sp³-hybridized carbons (Fsp3) is 0.900. The molecule has 0 aromatic rings. The summed E-state index contributed by atoms with van der Waals surface area (Å²) in [6, 6.07) is -0.158. The summed E-state index contributed by atoms with van der Waals surface area (Å²) in [6.07, 6.45) is 2.97. The smallest absolute Gasteiger partial charge is 0.223 e. The number of aliphatic hydroxyl groups excluding tert-OH is 1. The van der Waals surface area contributed by atoms with Gasteiger partial charge in [-0.05, 0) is 26.2 Å². The van der Waals surface area contributed by atoms with Crippen LogP contribution in [0.25, 0.3) is 0 Å². The maximum absolute atomic E-state index is 12.3. The summed E-state index contributed by atoms with van der Waals surface area (Å²) in [6.45, 7) is 5.67. The van der Waals surface area contributed by atoms with Gasteiger partial charge in [-0.1, -0.05) is 21.6 Å². The largest absolute Gasteiger partial charge is 0.394 e. The number of hydrogen-bond acceptors (Lipinski definition) is 8. The summed E-state index contributed by atoms with van der Waals surface area (Å²) in [5, 5.41) is 12.3. The number of carbonyl (C=O) groups excluding carboxylic acids is 2. The number of hydrogen-bond donors (Lipinski definition) is 2. The molecule has 179 valence electrons. The average Bonchev–Trinajstić information content (AvgIpc) is 3.18. The molecular weight excluding hydrogens is 517 g/mol. The summed E-state index contributed by atoms with van der Waals surface area (Å²) in [5.74, 6) is 1.89. The van der Waals surface area contributed by atoms with E-state index in [0.29, 0.717) is 58.6 Å². The van der Waals surface area contributed by atoms with Gasteiger partial charge in [0.1, 0.15) is 0 Å². The molecule has 1 aliphatic rings. The molecule has 0 bridgehead atoms. The Morgan fingerprint density at radius 2 is 1.84 bits per heavy atom. The van der Waals surface area contributed by atoms with Crippen molar-refractivity contribution in [1.29, 1.82) is 0 Å². The molecule has 1 rings (SSSR count). The predicted octanol–water partition coefficient (Wildman–Crippen LogP) is 1.70. The molecular formula is C20H38N2O6S2Y. The Morgan fingerprint density at radius 1 is 1.10 bits per heavy atom. The molecule has 8 nitrogen and oxygen atoms in total. The van der Waals surface area contributed by atoms with Crippen molar-refractivity contribution in [3.63, 3.8) is 0 Å². The summed E-state index contributed by atoms with van der Waals surface area (Å²) >= 11 is 0. The zero-order valence-corrected chi connectivity index (χ0v) is 23.4. The Bertz CT molecular complexity index is 479. The minimum absolute atomic E-state index is 0. The second-order valence-corrected chi connectivity index (χ2v) is 9.69. The number of aliphatic hydroxyl groups is 1. The van der Waals surface area contributed by atoms with Crippen molar-refractivity contribution in [2.75, 3.05) is 64.7 Å². The minimum atomic E-state index is -0.158. The molecule has 1 radical (unpaired) electrons. The van der Waals surface area contributed by atoms with Gasteiger partial charge in [0.2, 0.25) is 11.8 Å². The van der Waals surface area contributed by atoms with Crippen molar-refractivity contribution >= 4 is 33.4 Å². The van der Waals surface area contributed by atoms with Crippen molar-refractivity contribution < 1.29 is 61.6 Å². The fourth-order valence-corrected chi connectivity index (χ4v) is 5.04. The Balaban J connectivity index is 0.00000900. The number of nitrogens with zero attached hydrogens (tertiary/aromatic N) is 1. The van der Waals surface area contributed by atoms with Crippen LogP contribution in [0.2, 0.25) is 0 Å². The first-order valence-corrected chi connectivity index (χ1v) is 13.2. The standard InChI is InChI=1S/C20H38N2O6S2.Y/c1-3-27-9-10-28-11-13-30-29-12-5-6-19(24)21-8-4-7-20(25)22-15-18(26-2)14-17(22)16-23;/h17-18,23H,3-16H2,1-2H3,(H,21,24);/t17-,18+;/m1./s1. The van der Waals surface area contributed by atoms with Gasteiger partial charge in [0.15, 0.2) is 0 Å². The molecule has 2 N–H and O–H groups in total. The van der Waals surface area contributed by atoms with Crippen molar-refractivity contribution in [1.82, 2.24) is 10.2 Å². The Labute approximate surface area is 219 Å². The van der Waals surface area contributed by atoms with Crippen LogP contribution in [0.4, 0.5) is 0 Å². The molecule has 11 heteroatoms. The Hall–Kier alpha value is 0.584. The summed E-state index contributed by atoms with van der Waals surface area (Å²) < 4.78 is 15.9. The molecule has 2 amide bonds. The summed E-state index contributed by atoms with van der Waals surface area (Å²) in [4.78, 5) is 25.9. The predicted molar refractivity (Wildman–Crippen MR) is 122 cm³/mol. The molecule has 2 atom stereocenters. The van der Waals surface area contributed by atoms with Crippen molar-refractivity contribution in [3.05, 3.63) is 0 Å². The third-order valence-corrected chi connectivity index (χ3v) is 7.19. The number of likely N-dealkylation sites (tertiary alicyclic amines) is 1. The summed E-state index contributed by atoms with van der Waals surface area (Å²) in [7, 11) is 5.14. The van der Waals surface area contributed by atoms with E-state index in [-0.39, 0.29) is 63.3 Å². The van der Waals surface area contributed by atoms with Gasteiger partial charge in [0.25, 0.3) is 0 Å². The average molecular weight is 556 g/mol. The molecule has 0 aromatic heterocycles. The molecule has 0 unspecified atom stereocenters. The van der Waals surface area contributed by atoms with E-state index in [1.807, 2.05) is 6.92 Å².